The van der Waals surface area contributed by atoms with E-state index in [-0.39, 0.29) is 11.9 Å². The van der Waals surface area contributed by atoms with E-state index in [1.807, 2.05) is 6.08 Å². The number of nitrogens with two attached hydrogens (primary N) is 1. The van der Waals surface area contributed by atoms with Gasteiger partial charge in [-0.25, -0.2) is 0 Å². The van der Waals surface area contributed by atoms with Gasteiger partial charge in [-0.3, -0.25) is 9.59 Å². The normalized spacial score (nSPS) is 18.3. The number of benzene rings is 1. The molecule has 1 aromatic carbocycles. The van der Waals surface area contributed by atoms with E-state index in [0.717, 1.165) is 12.8 Å². The highest BCUT2D eigenvalue weighted by molar-refractivity contribution is 5.93. The topological polar surface area (TPSA) is 69.4 Å². The van der Waals surface area contributed by atoms with Crippen LogP contribution in [0.2, 0.25) is 0 Å². The number of esters is 1. The molecule has 0 aliphatic heterocycles. The Labute approximate surface area is 105 Å². The lowest BCUT2D eigenvalue weighted by molar-refractivity contribution is -0.139. The van der Waals surface area contributed by atoms with Gasteiger partial charge in [-0.05, 0) is 37.5 Å². The molecule has 1 aromatic rings. The molecule has 0 fully saturated rings. The Hall–Kier alpha value is -2.10. The molecule has 0 aromatic heterocycles. The summed E-state index contributed by atoms with van der Waals surface area (Å²) >= 11 is 0. The van der Waals surface area contributed by atoms with E-state index < -0.39 is 5.91 Å². The summed E-state index contributed by atoms with van der Waals surface area (Å²) in [6, 6.07) is 6.36. The number of allylic oxidation sites excluding steroid dienone is 2. The number of carbonyl (C=O) groups excluding carboxylic acids is 2. The average Bonchev–Trinajstić information content (AvgIpc) is 2.40. The van der Waals surface area contributed by atoms with E-state index >= 15 is 0 Å². The summed E-state index contributed by atoms with van der Waals surface area (Å²) in [6.07, 6.45) is 6.49. The summed E-state index contributed by atoms with van der Waals surface area (Å²) in [7, 11) is 0. The number of ether oxygens (including phenoxy) is 1. The highest BCUT2D eigenvalue weighted by Crippen LogP contribution is 2.21. The van der Waals surface area contributed by atoms with E-state index in [2.05, 4.69) is 6.08 Å². The lowest BCUT2D eigenvalue weighted by Gasteiger charge is -2.16. The Morgan fingerprint density at radius 3 is 2.78 bits per heavy atom. The Morgan fingerprint density at radius 2 is 2.11 bits per heavy atom. The van der Waals surface area contributed by atoms with Gasteiger partial charge < -0.3 is 10.5 Å². The summed E-state index contributed by atoms with van der Waals surface area (Å²) in [4.78, 5) is 22.9. The van der Waals surface area contributed by atoms with Crippen molar-refractivity contribution in [1.82, 2.24) is 0 Å². The number of carbonyl (C=O) groups is 2. The smallest absolute Gasteiger partial charge is 0.314 e. The fraction of sp³-hybridized carbons (Fsp3) is 0.286. The minimum Gasteiger partial charge on any atom is -0.426 e. The first-order valence-electron chi connectivity index (χ1n) is 5.93. The van der Waals surface area contributed by atoms with Crippen LogP contribution in [-0.2, 0) is 4.79 Å². The van der Waals surface area contributed by atoms with Crippen molar-refractivity contribution in [3.05, 3.63) is 42.0 Å². The minimum atomic E-state index is -0.534. The Kier molecular flexibility index (Phi) is 3.77. The van der Waals surface area contributed by atoms with Gasteiger partial charge in [0.05, 0.1) is 5.92 Å². The van der Waals surface area contributed by atoms with Crippen LogP contribution in [0.5, 0.6) is 5.75 Å². The molecule has 0 saturated heterocycles. The van der Waals surface area contributed by atoms with E-state index in [1.54, 1.807) is 18.2 Å². The molecular weight excluding hydrogens is 230 g/mol. The first-order chi connectivity index (χ1) is 8.66. The molecule has 1 aliphatic carbocycles. The molecule has 0 spiro atoms. The van der Waals surface area contributed by atoms with Crippen LogP contribution >= 0.6 is 0 Å². The van der Waals surface area contributed by atoms with Crippen molar-refractivity contribution in [3.63, 3.8) is 0 Å². The number of hydrogen-bond acceptors (Lipinski definition) is 3. The monoisotopic (exact) mass is 245 g/mol. The molecule has 1 atom stereocenters. The lowest BCUT2D eigenvalue weighted by atomic mass is 9.95. The van der Waals surface area contributed by atoms with Crippen molar-refractivity contribution in [2.24, 2.45) is 11.7 Å². The number of rotatable bonds is 3. The molecule has 1 amide bonds. The molecule has 94 valence electrons. The molecule has 0 heterocycles. The maximum atomic E-state index is 11.9. The molecule has 0 radical (unpaired) electrons. The molecule has 0 saturated carbocycles. The fourth-order valence-corrected chi connectivity index (χ4v) is 1.92. The minimum absolute atomic E-state index is 0.0905. The van der Waals surface area contributed by atoms with Crippen molar-refractivity contribution in [2.75, 3.05) is 0 Å². The molecule has 1 aliphatic rings. The maximum absolute atomic E-state index is 11.9. The summed E-state index contributed by atoms with van der Waals surface area (Å²) < 4.78 is 5.26. The summed E-state index contributed by atoms with van der Waals surface area (Å²) in [6.45, 7) is 0. The van der Waals surface area contributed by atoms with Gasteiger partial charge >= 0.3 is 5.97 Å². The van der Waals surface area contributed by atoms with Gasteiger partial charge in [0, 0.05) is 5.56 Å². The molecular formula is C14H15NO3. The van der Waals surface area contributed by atoms with Crippen LogP contribution in [0.15, 0.2) is 36.4 Å². The van der Waals surface area contributed by atoms with Crippen LogP contribution < -0.4 is 10.5 Å². The molecule has 18 heavy (non-hydrogen) atoms. The first kappa shape index (κ1) is 12.4. The average molecular weight is 245 g/mol. The highest BCUT2D eigenvalue weighted by atomic mass is 16.5. The summed E-state index contributed by atoms with van der Waals surface area (Å²) in [5, 5.41) is 0. The van der Waals surface area contributed by atoms with Crippen LogP contribution in [0.25, 0.3) is 0 Å². The summed E-state index contributed by atoms with van der Waals surface area (Å²) in [5.74, 6) is -0.507. The zero-order valence-corrected chi connectivity index (χ0v) is 9.96. The number of amides is 1. The van der Waals surface area contributed by atoms with Crippen molar-refractivity contribution in [3.8, 4) is 5.75 Å². The predicted molar refractivity (Wildman–Crippen MR) is 67.1 cm³/mol. The zero-order valence-electron chi connectivity index (χ0n) is 9.96. The lowest BCUT2D eigenvalue weighted by Crippen LogP contribution is -2.21. The molecule has 2 rings (SSSR count). The highest BCUT2D eigenvalue weighted by Gasteiger charge is 2.20. The first-order valence-corrected chi connectivity index (χ1v) is 5.93. The van der Waals surface area contributed by atoms with Gasteiger partial charge in [0.1, 0.15) is 5.75 Å². The van der Waals surface area contributed by atoms with E-state index in [1.165, 1.54) is 6.07 Å². The van der Waals surface area contributed by atoms with Gasteiger partial charge in [-0.1, -0.05) is 18.2 Å². The second-order valence-corrected chi connectivity index (χ2v) is 4.29. The van der Waals surface area contributed by atoms with Crippen molar-refractivity contribution in [1.29, 1.82) is 0 Å². The Bertz CT molecular complexity index is 494. The van der Waals surface area contributed by atoms with Crippen LogP contribution in [0.4, 0.5) is 0 Å². The van der Waals surface area contributed by atoms with Gasteiger partial charge in [0.25, 0.3) is 0 Å². The molecule has 4 nitrogen and oxygen atoms in total. The maximum Gasteiger partial charge on any atom is 0.314 e. The third kappa shape index (κ3) is 2.97. The van der Waals surface area contributed by atoms with Crippen molar-refractivity contribution < 1.29 is 14.3 Å². The third-order valence-electron chi connectivity index (χ3n) is 2.94. The fourth-order valence-electron chi connectivity index (χ4n) is 1.92. The van der Waals surface area contributed by atoms with Gasteiger partial charge in [-0.15, -0.1) is 0 Å². The zero-order chi connectivity index (χ0) is 13.0. The van der Waals surface area contributed by atoms with Crippen LogP contribution in [-0.4, -0.2) is 11.9 Å². The molecule has 0 bridgehead atoms. The summed E-state index contributed by atoms with van der Waals surface area (Å²) in [5.41, 5.74) is 5.50. The second kappa shape index (κ2) is 5.49. The molecule has 2 N–H and O–H groups in total. The van der Waals surface area contributed by atoms with E-state index in [9.17, 15) is 9.59 Å². The van der Waals surface area contributed by atoms with Crippen LogP contribution in [0, 0.1) is 5.92 Å². The molecule has 1 unspecified atom stereocenters. The van der Waals surface area contributed by atoms with E-state index in [0.29, 0.717) is 17.7 Å². The predicted octanol–water partition coefficient (Wildman–Crippen LogP) is 2.05. The standard InChI is InChI=1S/C14H15NO3/c15-13(16)11-7-4-8-12(9-11)18-14(17)10-5-2-1-3-6-10/h1-2,4,7-10H,3,5-6H2,(H2,15,16). The number of hydrogen-bond donors (Lipinski definition) is 1. The van der Waals surface area contributed by atoms with Crippen LogP contribution in [0.1, 0.15) is 29.6 Å². The SMILES string of the molecule is NC(=O)c1cccc(OC(=O)C2CC=CCC2)c1. The van der Waals surface area contributed by atoms with Gasteiger partial charge in [0.2, 0.25) is 5.91 Å². The Morgan fingerprint density at radius 1 is 1.28 bits per heavy atom. The second-order valence-electron chi connectivity index (χ2n) is 4.29. The van der Waals surface area contributed by atoms with Gasteiger partial charge in [0.15, 0.2) is 0 Å². The Balaban J connectivity index is 2.04. The van der Waals surface area contributed by atoms with Crippen LogP contribution in [0.3, 0.4) is 0 Å². The quantitative estimate of drug-likeness (QED) is 0.503. The van der Waals surface area contributed by atoms with Crippen molar-refractivity contribution in [2.45, 2.75) is 19.3 Å². The number of primary amides is 1. The third-order valence-corrected chi connectivity index (χ3v) is 2.94. The van der Waals surface area contributed by atoms with Gasteiger partial charge in [-0.2, -0.15) is 0 Å². The van der Waals surface area contributed by atoms with Crippen molar-refractivity contribution >= 4 is 11.9 Å². The largest absolute Gasteiger partial charge is 0.426 e. The molecule has 4 heteroatoms. The van der Waals surface area contributed by atoms with E-state index in [4.69, 9.17) is 10.5 Å².